The fraction of sp³-hybridized carbons (Fsp3) is 0.533. The number of hydrogen-bond acceptors (Lipinski definition) is 2. The lowest BCUT2D eigenvalue weighted by Crippen LogP contribution is -2.55. The molecule has 0 bridgehead atoms. The van der Waals surface area contributed by atoms with Crippen LogP contribution in [0.1, 0.15) is 32.3 Å². The Morgan fingerprint density at radius 3 is 2.79 bits per heavy atom. The van der Waals surface area contributed by atoms with Crippen LogP contribution in [0.5, 0.6) is 0 Å². The maximum Gasteiger partial charge on any atom is 0.319 e. The van der Waals surface area contributed by atoms with Gasteiger partial charge in [-0.2, -0.15) is 0 Å². The largest absolute Gasteiger partial charge is 0.334 e. The number of amides is 2. The SMILES string of the molecule is Cc1cccc(NC(=O)NC2CCC(C)NC2C)c1. The Kier molecular flexibility index (Phi) is 4.43. The first-order valence-electron chi connectivity index (χ1n) is 6.95. The lowest BCUT2D eigenvalue weighted by atomic mass is 9.95. The van der Waals surface area contributed by atoms with Gasteiger partial charge in [-0.3, -0.25) is 0 Å². The van der Waals surface area contributed by atoms with Gasteiger partial charge in [0.05, 0.1) is 0 Å². The Bertz CT molecular complexity index is 447. The van der Waals surface area contributed by atoms with Crippen molar-refractivity contribution in [1.29, 1.82) is 0 Å². The minimum atomic E-state index is -0.126. The molecule has 2 amide bonds. The van der Waals surface area contributed by atoms with Crippen LogP contribution in [-0.2, 0) is 0 Å². The summed E-state index contributed by atoms with van der Waals surface area (Å²) in [6.45, 7) is 6.31. The molecule has 2 rings (SSSR count). The topological polar surface area (TPSA) is 53.2 Å². The minimum absolute atomic E-state index is 0.126. The molecule has 3 unspecified atom stereocenters. The van der Waals surface area contributed by atoms with E-state index in [0.717, 1.165) is 24.1 Å². The first kappa shape index (κ1) is 13.9. The molecule has 104 valence electrons. The van der Waals surface area contributed by atoms with Gasteiger partial charge >= 0.3 is 6.03 Å². The third-order valence-corrected chi connectivity index (χ3v) is 3.65. The van der Waals surface area contributed by atoms with Crippen molar-refractivity contribution in [1.82, 2.24) is 10.6 Å². The van der Waals surface area contributed by atoms with Crippen LogP contribution >= 0.6 is 0 Å². The maximum absolute atomic E-state index is 12.0. The van der Waals surface area contributed by atoms with E-state index in [9.17, 15) is 4.79 Å². The highest BCUT2D eigenvalue weighted by molar-refractivity contribution is 5.89. The summed E-state index contributed by atoms with van der Waals surface area (Å²) in [5.74, 6) is 0. The van der Waals surface area contributed by atoms with Gasteiger partial charge in [-0.15, -0.1) is 0 Å². The minimum Gasteiger partial charge on any atom is -0.334 e. The molecule has 1 aromatic rings. The number of rotatable bonds is 2. The normalized spacial score (nSPS) is 26.8. The molecule has 1 fully saturated rings. The molecular weight excluding hydrogens is 238 g/mol. The van der Waals surface area contributed by atoms with Crippen molar-refractivity contribution < 1.29 is 4.79 Å². The van der Waals surface area contributed by atoms with Crippen molar-refractivity contribution in [3.63, 3.8) is 0 Å². The molecule has 19 heavy (non-hydrogen) atoms. The summed E-state index contributed by atoms with van der Waals surface area (Å²) in [4.78, 5) is 12.0. The quantitative estimate of drug-likeness (QED) is 0.766. The lowest BCUT2D eigenvalue weighted by Gasteiger charge is -2.34. The number of hydrogen-bond donors (Lipinski definition) is 3. The number of carbonyl (C=O) groups excluding carboxylic acids is 1. The second-order valence-electron chi connectivity index (χ2n) is 5.51. The van der Waals surface area contributed by atoms with Gasteiger partial charge in [-0.25, -0.2) is 4.79 Å². The van der Waals surface area contributed by atoms with Gasteiger partial charge in [0, 0.05) is 23.8 Å². The van der Waals surface area contributed by atoms with Crippen molar-refractivity contribution in [3.8, 4) is 0 Å². The predicted molar refractivity (Wildman–Crippen MR) is 78.4 cm³/mol. The lowest BCUT2D eigenvalue weighted by molar-refractivity contribution is 0.232. The molecule has 3 atom stereocenters. The van der Waals surface area contributed by atoms with E-state index < -0.39 is 0 Å². The number of aryl methyl sites for hydroxylation is 1. The number of carbonyl (C=O) groups is 1. The van der Waals surface area contributed by atoms with E-state index in [4.69, 9.17) is 0 Å². The third kappa shape index (κ3) is 3.96. The van der Waals surface area contributed by atoms with Crippen LogP contribution in [0.2, 0.25) is 0 Å². The third-order valence-electron chi connectivity index (χ3n) is 3.65. The van der Waals surface area contributed by atoms with Gasteiger partial charge in [0.2, 0.25) is 0 Å². The van der Waals surface area contributed by atoms with Gasteiger partial charge in [0.25, 0.3) is 0 Å². The Balaban J connectivity index is 1.87. The van der Waals surface area contributed by atoms with Crippen LogP contribution in [0.15, 0.2) is 24.3 Å². The number of benzene rings is 1. The molecule has 0 spiro atoms. The average Bonchev–Trinajstić information content (AvgIpc) is 2.33. The average molecular weight is 261 g/mol. The van der Waals surface area contributed by atoms with Crippen LogP contribution in [0, 0.1) is 6.92 Å². The summed E-state index contributed by atoms with van der Waals surface area (Å²) >= 11 is 0. The second-order valence-corrected chi connectivity index (χ2v) is 5.51. The molecule has 0 aromatic heterocycles. The van der Waals surface area contributed by atoms with Crippen LogP contribution in [0.25, 0.3) is 0 Å². The van der Waals surface area contributed by atoms with Crippen LogP contribution in [0.4, 0.5) is 10.5 Å². The molecule has 3 N–H and O–H groups in total. The summed E-state index contributed by atoms with van der Waals surface area (Å²) in [5, 5.41) is 9.39. The van der Waals surface area contributed by atoms with Gasteiger partial charge in [0.15, 0.2) is 0 Å². The van der Waals surface area contributed by atoms with E-state index in [1.54, 1.807) is 0 Å². The van der Waals surface area contributed by atoms with Gasteiger partial charge < -0.3 is 16.0 Å². The molecule has 4 heteroatoms. The summed E-state index contributed by atoms with van der Waals surface area (Å²) in [7, 11) is 0. The predicted octanol–water partition coefficient (Wildman–Crippen LogP) is 2.65. The Morgan fingerprint density at radius 2 is 2.11 bits per heavy atom. The smallest absolute Gasteiger partial charge is 0.319 e. The van der Waals surface area contributed by atoms with E-state index >= 15 is 0 Å². The summed E-state index contributed by atoms with van der Waals surface area (Å²) in [5.41, 5.74) is 1.97. The number of nitrogens with one attached hydrogen (secondary N) is 3. The highest BCUT2D eigenvalue weighted by atomic mass is 16.2. The Morgan fingerprint density at radius 1 is 1.32 bits per heavy atom. The van der Waals surface area contributed by atoms with Gasteiger partial charge in [-0.1, -0.05) is 12.1 Å². The van der Waals surface area contributed by atoms with Crippen LogP contribution in [-0.4, -0.2) is 24.2 Å². The highest BCUT2D eigenvalue weighted by Gasteiger charge is 2.25. The van der Waals surface area contributed by atoms with Crippen LogP contribution in [0.3, 0.4) is 0 Å². The number of urea groups is 1. The van der Waals surface area contributed by atoms with E-state index in [-0.39, 0.29) is 12.1 Å². The monoisotopic (exact) mass is 261 g/mol. The summed E-state index contributed by atoms with van der Waals surface area (Å²) in [6.07, 6.45) is 2.12. The number of piperidine rings is 1. The molecule has 0 aliphatic carbocycles. The summed E-state index contributed by atoms with van der Waals surface area (Å²) in [6, 6.07) is 8.73. The zero-order chi connectivity index (χ0) is 13.8. The molecule has 4 nitrogen and oxygen atoms in total. The number of anilines is 1. The van der Waals surface area contributed by atoms with Crippen molar-refractivity contribution in [2.75, 3.05) is 5.32 Å². The molecule has 1 saturated heterocycles. The Labute approximate surface area is 115 Å². The fourth-order valence-electron chi connectivity index (χ4n) is 2.58. The van der Waals surface area contributed by atoms with E-state index in [1.807, 2.05) is 31.2 Å². The molecule has 1 aliphatic heterocycles. The first-order valence-corrected chi connectivity index (χ1v) is 6.95. The maximum atomic E-state index is 12.0. The van der Waals surface area contributed by atoms with Gasteiger partial charge in [-0.05, 0) is 51.3 Å². The molecule has 1 aliphatic rings. The molecule has 0 radical (unpaired) electrons. The van der Waals surface area contributed by atoms with Crippen molar-refractivity contribution in [3.05, 3.63) is 29.8 Å². The molecule has 0 saturated carbocycles. The molecule has 1 heterocycles. The Hall–Kier alpha value is -1.55. The first-order chi connectivity index (χ1) is 9.04. The summed E-state index contributed by atoms with van der Waals surface area (Å²) < 4.78 is 0. The molecule has 1 aromatic carbocycles. The van der Waals surface area contributed by atoms with Crippen molar-refractivity contribution in [2.45, 2.75) is 51.7 Å². The highest BCUT2D eigenvalue weighted by Crippen LogP contribution is 2.14. The fourth-order valence-corrected chi connectivity index (χ4v) is 2.58. The van der Waals surface area contributed by atoms with E-state index in [2.05, 4.69) is 29.8 Å². The zero-order valence-corrected chi connectivity index (χ0v) is 11.9. The van der Waals surface area contributed by atoms with Gasteiger partial charge in [0.1, 0.15) is 0 Å². The van der Waals surface area contributed by atoms with Crippen LogP contribution < -0.4 is 16.0 Å². The standard InChI is InChI=1S/C15H23N3O/c1-10-5-4-6-13(9-10)17-15(19)18-14-8-7-11(2)16-12(14)3/h4-6,9,11-12,14,16H,7-8H2,1-3H3,(H2,17,18,19). The van der Waals surface area contributed by atoms with Crippen molar-refractivity contribution >= 4 is 11.7 Å². The second kappa shape index (κ2) is 6.06. The van der Waals surface area contributed by atoms with Crippen molar-refractivity contribution in [2.24, 2.45) is 0 Å². The molecular formula is C15H23N3O. The van der Waals surface area contributed by atoms with E-state index in [1.165, 1.54) is 0 Å². The van der Waals surface area contributed by atoms with E-state index in [0.29, 0.717) is 12.1 Å². The zero-order valence-electron chi connectivity index (χ0n) is 11.9.